The molecule has 7 nitrogen and oxygen atoms in total. The number of benzene rings is 3. The maximum absolute atomic E-state index is 13.6. The average molecular weight is 381 g/mol. The molecule has 0 atom stereocenters. The first-order valence-electron chi connectivity index (χ1n) is 8.04. The highest BCUT2D eigenvalue weighted by Crippen LogP contribution is 2.24. The molecular formula is C20H16FN3O4. The number of hydrogen-bond donors (Lipinski definition) is 2. The molecular weight excluding hydrogens is 365 g/mol. The summed E-state index contributed by atoms with van der Waals surface area (Å²) in [6.07, 6.45) is 0. The molecule has 3 rings (SSSR count). The number of carbonyl (C=O) groups excluding carboxylic acids is 2. The molecule has 0 aliphatic carbocycles. The largest absolute Gasteiger partial charge is 0.290 e. The van der Waals surface area contributed by atoms with Crippen LogP contribution in [0.4, 0.5) is 10.1 Å². The van der Waals surface area contributed by atoms with Crippen molar-refractivity contribution in [2.75, 3.05) is 0 Å². The number of rotatable bonds is 4. The maximum atomic E-state index is 13.6. The monoisotopic (exact) mass is 381 g/mol. The van der Waals surface area contributed by atoms with Crippen LogP contribution in [0.25, 0.3) is 0 Å². The van der Waals surface area contributed by atoms with Gasteiger partial charge in [-0.25, -0.2) is 10.2 Å². The third kappa shape index (κ3) is 5.05. The highest BCUT2D eigenvalue weighted by molar-refractivity contribution is 6.11. The van der Waals surface area contributed by atoms with Gasteiger partial charge in [0.15, 0.2) is 0 Å². The van der Waals surface area contributed by atoms with E-state index < -0.39 is 27.8 Å². The van der Waals surface area contributed by atoms with E-state index in [0.717, 1.165) is 12.1 Å². The van der Waals surface area contributed by atoms with Gasteiger partial charge in [-0.15, -0.1) is 0 Å². The van der Waals surface area contributed by atoms with E-state index in [1.807, 2.05) is 11.5 Å². The van der Waals surface area contributed by atoms with Crippen LogP contribution in [0.15, 0.2) is 78.9 Å². The molecule has 0 aliphatic heterocycles. The fraction of sp³-hybridized carbons (Fsp3) is 0. The van der Waals surface area contributed by atoms with Gasteiger partial charge in [-0.1, -0.05) is 54.6 Å². The summed E-state index contributed by atoms with van der Waals surface area (Å²) in [6, 6.07) is 20.0. The van der Waals surface area contributed by atoms with Gasteiger partial charge in [-0.05, 0) is 18.2 Å². The number of hydrazine groups is 1. The van der Waals surface area contributed by atoms with Crippen molar-refractivity contribution in [3.05, 3.63) is 111 Å². The summed E-state index contributed by atoms with van der Waals surface area (Å²) in [6.45, 7) is 0. The quantitative estimate of drug-likeness (QED) is 0.237. The molecule has 28 heavy (non-hydrogen) atoms. The molecule has 0 unspecified atom stereocenters. The SMILES string of the molecule is NNC(=O)c1ccccc1.O=C(c1ccccc1)c1c(F)cccc1[N+](=O)[O-]. The van der Waals surface area contributed by atoms with Crippen molar-refractivity contribution in [2.24, 2.45) is 5.84 Å². The van der Waals surface area contributed by atoms with Crippen molar-refractivity contribution < 1.29 is 18.9 Å². The first-order valence-corrected chi connectivity index (χ1v) is 8.04. The lowest BCUT2D eigenvalue weighted by molar-refractivity contribution is -0.385. The highest BCUT2D eigenvalue weighted by atomic mass is 19.1. The van der Waals surface area contributed by atoms with Gasteiger partial charge in [0.2, 0.25) is 5.78 Å². The lowest BCUT2D eigenvalue weighted by Gasteiger charge is -2.03. The number of nitrogens with two attached hydrogens (primary N) is 1. The van der Waals surface area contributed by atoms with Crippen LogP contribution in [-0.2, 0) is 0 Å². The third-order valence-corrected chi connectivity index (χ3v) is 3.62. The van der Waals surface area contributed by atoms with Crippen LogP contribution in [0.3, 0.4) is 0 Å². The minimum Gasteiger partial charge on any atom is -0.290 e. The number of nitrogen functional groups attached to an aromatic ring is 1. The van der Waals surface area contributed by atoms with Crippen LogP contribution in [0.1, 0.15) is 26.3 Å². The van der Waals surface area contributed by atoms with E-state index in [9.17, 15) is 24.1 Å². The molecule has 3 aromatic rings. The fourth-order valence-electron chi connectivity index (χ4n) is 2.30. The van der Waals surface area contributed by atoms with Gasteiger partial charge in [0, 0.05) is 17.2 Å². The normalized spacial score (nSPS) is 9.64. The number of nitrogens with one attached hydrogen (secondary N) is 1. The molecule has 0 spiro atoms. The Hall–Kier alpha value is -3.91. The van der Waals surface area contributed by atoms with Crippen LogP contribution in [0.5, 0.6) is 0 Å². The zero-order valence-electron chi connectivity index (χ0n) is 14.5. The first kappa shape index (κ1) is 20.4. The van der Waals surface area contributed by atoms with Crippen molar-refractivity contribution in [2.45, 2.75) is 0 Å². The number of ketones is 1. The van der Waals surface area contributed by atoms with Crippen LogP contribution in [0.2, 0.25) is 0 Å². The molecule has 0 heterocycles. The molecule has 3 N–H and O–H groups in total. The molecule has 8 heteroatoms. The Morgan fingerprint density at radius 3 is 1.89 bits per heavy atom. The predicted octanol–water partition coefficient (Wildman–Crippen LogP) is 3.26. The second kappa shape index (κ2) is 9.70. The van der Waals surface area contributed by atoms with Crippen molar-refractivity contribution in [1.82, 2.24) is 5.43 Å². The van der Waals surface area contributed by atoms with E-state index in [2.05, 4.69) is 0 Å². The number of nitro groups is 1. The Bertz CT molecular complexity index is 979. The zero-order valence-corrected chi connectivity index (χ0v) is 14.5. The van der Waals surface area contributed by atoms with E-state index in [0.29, 0.717) is 5.56 Å². The van der Waals surface area contributed by atoms with Crippen LogP contribution in [0, 0.1) is 15.9 Å². The summed E-state index contributed by atoms with van der Waals surface area (Å²) in [5, 5.41) is 10.8. The minimum absolute atomic E-state index is 0.214. The number of halogens is 1. The molecule has 0 aromatic heterocycles. The number of carbonyl (C=O) groups is 2. The smallest absolute Gasteiger partial charge is 0.283 e. The topological polar surface area (TPSA) is 115 Å². The Labute approximate surface area is 159 Å². The summed E-state index contributed by atoms with van der Waals surface area (Å²) in [4.78, 5) is 32.9. The summed E-state index contributed by atoms with van der Waals surface area (Å²) in [7, 11) is 0. The fourth-order valence-corrected chi connectivity index (χ4v) is 2.30. The molecule has 0 aliphatic rings. The molecule has 0 saturated carbocycles. The van der Waals surface area contributed by atoms with E-state index in [1.165, 1.54) is 18.2 Å². The second-order valence-electron chi connectivity index (χ2n) is 5.43. The minimum atomic E-state index is -0.891. The van der Waals surface area contributed by atoms with Gasteiger partial charge in [0.1, 0.15) is 11.4 Å². The van der Waals surface area contributed by atoms with Gasteiger partial charge in [0.05, 0.1) is 4.92 Å². The van der Waals surface area contributed by atoms with Gasteiger partial charge < -0.3 is 0 Å². The van der Waals surface area contributed by atoms with Crippen LogP contribution >= 0.6 is 0 Å². The van der Waals surface area contributed by atoms with Crippen LogP contribution in [-0.4, -0.2) is 16.6 Å². The predicted molar refractivity (Wildman–Crippen MR) is 101 cm³/mol. The van der Waals surface area contributed by atoms with Crippen molar-refractivity contribution >= 4 is 17.4 Å². The summed E-state index contributed by atoms with van der Waals surface area (Å²) in [5.41, 5.74) is 1.80. The number of hydrogen-bond acceptors (Lipinski definition) is 5. The summed E-state index contributed by atoms with van der Waals surface area (Å²) >= 11 is 0. The van der Waals surface area contributed by atoms with Crippen LogP contribution < -0.4 is 11.3 Å². The molecule has 0 radical (unpaired) electrons. The van der Waals surface area contributed by atoms with Crippen molar-refractivity contribution in [3.63, 3.8) is 0 Å². The van der Waals surface area contributed by atoms with E-state index in [-0.39, 0.29) is 11.5 Å². The first-order chi connectivity index (χ1) is 13.5. The van der Waals surface area contributed by atoms with Gasteiger partial charge in [0.25, 0.3) is 11.6 Å². The molecule has 1 amide bonds. The Morgan fingerprint density at radius 2 is 1.39 bits per heavy atom. The lowest BCUT2D eigenvalue weighted by atomic mass is 10.0. The third-order valence-electron chi connectivity index (χ3n) is 3.62. The average Bonchev–Trinajstić information content (AvgIpc) is 2.74. The Morgan fingerprint density at radius 1 is 0.857 bits per heavy atom. The highest BCUT2D eigenvalue weighted by Gasteiger charge is 2.24. The number of nitrogens with zero attached hydrogens (tertiary/aromatic N) is 1. The summed E-state index contributed by atoms with van der Waals surface area (Å²) in [5.74, 6) is 3.06. The lowest BCUT2D eigenvalue weighted by Crippen LogP contribution is -2.29. The van der Waals surface area contributed by atoms with Gasteiger partial charge in [-0.2, -0.15) is 0 Å². The van der Waals surface area contributed by atoms with Crippen molar-refractivity contribution in [1.29, 1.82) is 0 Å². The van der Waals surface area contributed by atoms with E-state index >= 15 is 0 Å². The van der Waals surface area contributed by atoms with Gasteiger partial charge in [-0.3, -0.25) is 25.1 Å². The standard InChI is InChI=1S/C13H8FNO3.C7H8N2O/c14-10-7-4-8-11(15(17)18)12(10)13(16)9-5-2-1-3-6-9;8-9-7(10)6-4-2-1-3-5-6/h1-8H;1-5H,8H2,(H,9,10). The van der Waals surface area contributed by atoms with E-state index in [4.69, 9.17) is 5.84 Å². The Balaban J connectivity index is 0.000000237. The maximum Gasteiger partial charge on any atom is 0.283 e. The van der Waals surface area contributed by atoms with E-state index in [1.54, 1.807) is 42.5 Å². The molecule has 0 fully saturated rings. The molecule has 142 valence electrons. The molecule has 3 aromatic carbocycles. The number of amides is 1. The molecule has 0 bridgehead atoms. The second-order valence-corrected chi connectivity index (χ2v) is 5.43. The van der Waals surface area contributed by atoms with Crippen molar-refractivity contribution in [3.8, 4) is 0 Å². The molecule has 0 saturated heterocycles. The Kier molecular flexibility index (Phi) is 7.06. The summed E-state index contributed by atoms with van der Waals surface area (Å²) < 4.78 is 13.6. The number of nitro benzene ring substituents is 1. The van der Waals surface area contributed by atoms with Gasteiger partial charge >= 0.3 is 0 Å². The zero-order chi connectivity index (χ0) is 20.5.